The monoisotopic (exact) mass is 459 g/mol. The number of carbonyl (C=O) groups excluding carboxylic acids is 2. The molecule has 1 aromatic heterocycles. The summed E-state index contributed by atoms with van der Waals surface area (Å²) in [5.74, 6) is -2.87. The minimum atomic E-state index is -1.38. The smallest absolute Gasteiger partial charge is 0.411 e. The number of nitriles is 1. The van der Waals surface area contributed by atoms with Gasteiger partial charge in [-0.2, -0.15) is 5.26 Å². The second kappa shape index (κ2) is 9.92. The van der Waals surface area contributed by atoms with Crippen molar-refractivity contribution in [2.45, 2.75) is 0 Å². The molecule has 0 saturated carbocycles. The molecule has 0 aliphatic rings. The highest BCUT2D eigenvalue weighted by Gasteiger charge is 2.22. The fourth-order valence-electron chi connectivity index (χ4n) is 3.02. The van der Waals surface area contributed by atoms with Crippen LogP contribution in [0.4, 0.5) is 16.2 Å². The number of carboxylic acid groups (broad SMARTS) is 1. The van der Waals surface area contributed by atoms with E-state index in [1.165, 1.54) is 37.7 Å². The number of amides is 2. The molecule has 5 N–H and O–H groups in total. The van der Waals surface area contributed by atoms with Gasteiger partial charge in [-0.25, -0.2) is 9.59 Å². The van der Waals surface area contributed by atoms with Gasteiger partial charge in [-0.3, -0.25) is 20.5 Å². The van der Waals surface area contributed by atoms with Crippen molar-refractivity contribution in [3.8, 4) is 22.9 Å². The molecule has 3 aromatic rings. The molecule has 11 heteroatoms. The molecule has 11 nitrogen and oxygen atoms in total. The Morgan fingerprint density at radius 3 is 2.47 bits per heavy atom. The first-order valence-corrected chi connectivity index (χ1v) is 9.55. The molecule has 0 bridgehead atoms. The minimum Gasteiger partial charge on any atom is -0.507 e. The molecule has 0 radical (unpaired) electrons. The molecular weight excluding hydrogens is 442 g/mol. The van der Waals surface area contributed by atoms with E-state index in [0.717, 1.165) is 12.1 Å². The van der Waals surface area contributed by atoms with Crippen LogP contribution in [0.5, 0.6) is 5.75 Å². The van der Waals surface area contributed by atoms with Crippen LogP contribution in [0.1, 0.15) is 21.5 Å². The lowest BCUT2D eigenvalue weighted by atomic mass is 9.98. The first kappa shape index (κ1) is 23.4. The highest BCUT2D eigenvalue weighted by Crippen LogP contribution is 2.34. The van der Waals surface area contributed by atoms with Gasteiger partial charge in [0.1, 0.15) is 11.5 Å². The van der Waals surface area contributed by atoms with Crippen LogP contribution in [0.2, 0.25) is 0 Å². The Kier molecular flexibility index (Phi) is 6.84. The van der Waals surface area contributed by atoms with Gasteiger partial charge in [0.05, 0.1) is 35.7 Å². The number of carboxylic acids is 1. The SMILES string of the molecule is COC(=O)Nc1cc(O)c(C(=N)C(=O)Nc2ccc(C#N)cc2C(=O)O)cc1-c1cccnc1. The summed E-state index contributed by atoms with van der Waals surface area (Å²) in [6, 6.07) is 11.2. The third kappa shape index (κ3) is 4.97. The van der Waals surface area contributed by atoms with Crippen LogP contribution in [-0.2, 0) is 9.53 Å². The van der Waals surface area contributed by atoms with Crippen molar-refractivity contribution in [2.75, 3.05) is 17.7 Å². The highest BCUT2D eigenvalue weighted by atomic mass is 16.5. The molecule has 0 spiro atoms. The van der Waals surface area contributed by atoms with E-state index in [4.69, 9.17) is 10.7 Å². The first-order valence-electron chi connectivity index (χ1n) is 9.55. The van der Waals surface area contributed by atoms with Crippen molar-refractivity contribution < 1.29 is 29.3 Å². The number of hydrogen-bond donors (Lipinski definition) is 5. The van der Waals surface area contributed by atoms with E-state index in [2.05, 4.69) is 20.4 Å². The third-order valence-electron chi connectivity index (χ3n) is 4.65. The summed E-state index contributed by atoms with van der Waals surface area (Å²) >= 11 is 0. The molecule has 0 saturated heterocycles. The normalized spacial score (nSPS) is 10.0. The average molecular weight is 459 g/mol. The number of phenolic OH excluding ortho intramolecular Hbond substituents is 1. The molecule has 0 fully saturated rings. The summed E-state index contributed by atoms with van der Waals surface area (Å²) in [7, 11) is 1.17. The van der Waals surface area contributed by atoms with Gasteiger partial charge in [0.25, 0.3) is 5.91 Å². The first-order chi connectivity index (χ1) is 16.2. The quantitative estimate of drug-likeness (QED) is 0.348. The van der Waals surface area contributed by atoms with Crippen LogP contribution < -0.4 is 10.6 Å². The maximum absolute atomic E-state index is 12.7. The van der Waals surface area contributed by atoms with Crippen molar-refractivity contribution >= 4 is 35.1 Å². The molecule has 0 aliphatic carbocycles. The van der Waals surface area contributed by atoms with Crippen LogP contribution in [0, 0.1) is 16.7 Å². The van der Waals surface area contributed by atoms with Gasteiger partial charge in [-0.05, 0) is 30.3 Å². The maximum Gasteiger partial charge on any atom is 0.411 e. The van der Waals surface area contributed by atoms with Gasteiger partial charge in [-0.1, -0.05) is 6.07 Å². The second-order valence-corrected chi connectivity index (χ2v) is 6.78. The number of carbonyl (C=O) groups is 3. The maximum atomic E-state index is 12.7. The summed E-state index contributed by atoms with van der Waals surface area (Å²) in [6.45, 7) is 0. The Morgan fingerprint density at radius 2 is 1.85 bits per heavy atom. The Labute approximate surface area is 192 Å². The fraction of sp³-hybridized carbons (Fsp3) is 0.0435. The number of ether oxygens (including phenoxy) is 1. The zero-order chi connectivity index (χ0) is 24.8. The van der Waals surface area contributed by atoms with E-state index in [9.17, 15) is 24.6 Å². The number of aromatic carboxylic acids is 1. The number of rotatable bonds is 6. The van der Waals surface area contributed by atoms with E-state index >= 15 is 0 Å². The Hall–Kier alpha value is -5.24. The predicted octanol–water partition coefficient (Wildman–Crippen LogP) is 3.21. The summed E-state index contributed by atoms with van der Waals surface area (Å²) < 4.78 is 4.59. The molecule has 3 rings (SSSR count). The standard InChI is InChI=1S/C23H17N5O6/c1-34-23(33)28-18-9-19(29)16(8-14(18)13-3-2-6-26-11-13)20(25)21(30)27-17-5-4-12(10-24)7-15(17)22(31)32/h2-9,11,25,29H,1H3,(H,27,30)(H,28,33)(H,31,32). The van der Waals surface area contributed by atoms with Crippen LogP contribution in [-0.4, -0.2) is 46.0 Å². The van der Waals surface area contributed by atoms with E-state index in [1.54, 1.807) is 12.1 Å². The van der Waals surface area contributed by atoms with Crippen molar-refractivity contribution in [1.82, 2.24) is 4.98 Å². The van der Waals surface area contributed by atoms with Crippen molar-refractivity contribution in [3.63, 3.8) is 0 Å². The third-order valence-corrected chi connectivity index (χ3v) is 4.65. The molecule has 0 unspecified atom stereocenters. The summed E-state index contributed by atoms with van der Waals surface area (Å²) in [5.41, 5.74) is -0.231. The van der Waals surface area contributed by atoms with Crippen molar-refractivity contribution in [1.29, 1.82) is 10.7 Å². The van der Waals surface area contributed by atoms with E-state index in [1.807, 2.05) is 6.07 Å². The number of aromatic hydroxyl groups is 1. The van der Waals surface area contributed by atoms with Gasteiger partial charge in [-0.15, -0.1) is 0 Å². The lowest BCUT2D eigenvalue weighted by molar-refractivity contribution is -0.110. The average Bonchev–Trinajstić information content (AvgIpc) is 2.84. The van der Waals surface area contributed by atoms with E-state index in [0.29, 0.717) is 11.1 Å². The van der Waals surface area contributed by atoms with Crippen LogP contribution >= 0.6 is 0 Å². The van der Waals surface area contributed by atoms with Crippen molar-refractivity contribution in [2.24, 2.45) is 0 Å². The van der Waals surface area contributed by atoms with Gasteiger partial charge in [0.2, 0.25) is 0 Å². The van der Waals surface area contributed by atoms with E-state index < -0.39 is 29.4 Å². The zero-order valence-corrected chi connectivity index (χ0v) is 17.6. The molecule has 34 heavy (non-hydrogen) atoms. The number of benzene rings is 2. The molecule has 1 heterocycles. The molecular formula is C23H17N5O6. The number of phenols is 1. The molecule has 170 valence electrons. The minimum absolute atomic E-state index is 0.0814. The number of nitrogens with zero attached hydrogens (tertiary/aromatic N) is 2. The van der Waals surface area contributed by atoms with Gasteiger partial charge in [0, 0.05) is 35.2 Å². The van der Waals surface area contributed by atoms with E-state index in [-0.39, 0.29) is 28.1 Å². The summed E-state index contributed by atoms with van der Waals surface area (Å²) in [5, 5.41) is 41.9. The lowest BCUT2D eigenvalue weighted by Crippen LogP contribution is -2.24. The number of methoxy groups -OCH3 is 1. The van der Waals surface area contributed by atoms with Crippen LogP contribution in [0.15, 0.2) is 54.9 Å². The van der Waals surface area contributed by atoms with Crippen LogP contribution in [0.25, 0.3) is 11.1 Å². The lowest BCUT2D eigenvalue weighted by Gasteiger charge is -2.15. The number of anilines is 2. The van der Waals surface area contributed by atoms with Gasteiger partial charge in [0.15, 0.2) is 0 Å². The number of aromatic nitrogens is 1. The number of hydrogen-bond acceptors (Lipinski definition) is 8. The van der Waals surface area contributed by atoms with Gasteiger partial charge >= 0.3 is 12.1 Å². The molecule has 2 aromatic carbocycles. The second-order valence-electron chi connectivity index (χ2n) is 6.78. The summed E-state index contributed by atoms with van der Waals surface area (Å²) in [6.07, 6.45) is 2.22. The highest BCUT2D eigenvalue weighted by molar-refractivity contribution is 6.48. The topological polar surface area (TPSA) is 185 Å². The molecule has 0 atom stereocenters. The molecule has 2 amide bonds. The van der Waals surface area contributed by atoms with Crippen molar-refractivity contribution in [3.05, 3.63) is 71.5 Å². The summed E-state index contributed by atoms with van der Waals surface area (Å²) in [4.78, 5) is 40.0. The number of nitrogens with one attached hydrogen (secondary N) is 3. The number of pyridine rings is 1. The fourth-order valence-corrected chi connectivity index (χ4v) is 3.02. The van der Waals surface area contributed by atoms with Gasteiger partial charge < -0.3 is 20.3 Å². The molecule has 0 aliphatic heterocycles. The Bertz CT molecular complexity index is 1350. The Balaban J connectivity index is 2.00. The zero-order valence-electron chi connectivity index (χ0n) is 17.6. The largest absolute Gasteiger partial charge is 0.507 e. The van der Waals surface area contributed by atoms with Crippen LogP contribution in [0.3, 0.4) is 0 Å². The predicted molar refractivity (Wildman–Crippen MR) is 121 cm³/mol. The Morgan fingerprint density at radius 1 is 1.09 bits per heavy atom.